The molecule has 4 rings (SSSR count). The Balaban J connectivity index is 1.94. The van der Waals surface area contributed by atoms with Crippen molar-refractivity contribution in [2.45, 2.75) is 6.18 Å². The quantitative estimate of drug-likeness (QED) is 0.378. The molecule has 3 aromatic carbocycles. The monoisotopic (exact) mass is 450 g/mol. The van der Waals surface area contributed by atoms with E-state index in [-0.39, 0.29) is 16.8 Å². The molecule has 0 spiro atoms. The molecule has 7 heteroatoms. The number of rotatable bonds is 4. The van der Waals surface area contributed by atoms with Gasteiger partial charge in [-0.25, -0.2) is 0 Å². The number of benzene rings is 3. The van der Waals surface area contributed by atoms with Gasteiger partial charge in [-0.2, -0.15) is 13.2 Å². The largest absolute Gasteiger partial charge is 0.425 e. The fraction of sp³-hybridized carbons (Fsp3) is 0.115. The molecular weight excluding hydrogens is 429 g/mol. The molecule has 0 unspecified atom stereocenters. The fourth-order valence-electron chi connectivity index (χ4n) is 3.69. The van der Waals surface area contributed by atoms with Gasteiger partial charge in [-0.05, 0) is 47.0 Å². The Bertz CT molecular complexity index is 1330. The molecule has 0 fully saturated rings. The summed E-state index contributed by atoms with van der Waals surface area (Å²) in [6, 6.07) is 22.4. The summed E-state index contributed by atoms with van der Waals surface area (Å²) in [6.45, 7) is 0. The zero-order valence-corrected chi connectivity index (χ0v) is 18.0. The van der Waals surface area contributed by atoms with E-state index in [0.29, 0.717) is 21.4 Å². The maximum Gasteiger partial charge on any atom is 0.416 e. The van der Waals surface area contributed by atoms with Crippen molar-refractivity contribution in [3.8, 4) is 33.5 Å². The van der Waals surface area contributed by atoms with Crippen molar-refractivity contribution in [3.63, 3.8) is 0 Å². The van der Waals surface area contributed by atoms with Gasteiger partial charge in [0.15, 0.2) is 0 Å². The van der Waals surface area contributed by atoms with E-state index in [0.717, 1.165) is 17.8 Å². The molecule has 0 radical (unpaired) electrons. The third-order valence-corrected chi connectivity index (χ3v) is 5.45. The Hall–Kier alpha value is -4.00. The highest BCUT2D eigenvalue weighted by molar-refractivity contribution is 5.85. The van der Waals surface area contributed by atoms with Crippen molar-refractivity contribution in [1.82, 2.24) is 4.73 Å². The minimum absolute atomic E-state index is 0.117. The van der Waals surface area contributed by atoms with Crippen LogP contribution >= 0.6 is 0 Å². The summed E-state index contributed by atoms with van der Waals surface area (Å²) in [4.78, 5) is 15.2. The third kappa shape index (κ3) is 4.35. The van der Waals surface area contributed by atoms with Crippen molar-refractivity contribution in [3.05, 3.63) is 101 Å². The maximum atomic E-state index is 13.3. The zero-order chi connectivity index (χ0) is 23.8. The molecule has 0 aliphatic heterocycles. The standard InChI is InChI=1S/C26H21F3N2O2/c1-30(2)21-14-10-18(11-15-21)23-16-22(17-6-4-3-5-7-17)24(25(32)31(23)33)19-8-12-20(13-9-19)26(27,28)29/h3-16,33H,1-2H3. The highest BCUT2D eigenvalue weighted by Gasteiger charge is 2.30. The Labute approximate surface area is 188 Å². The molecule has 0 saturated carbocycles. The minimum Gasteiger partial charge on any atom is -0.425 e. The van der Waals surface area contributed by atoms with Crippen molar-refractivity contribution in [2.75, 3.05) is 19.0 Å². The highest BCUT2D eigenvalue weighted by atomic mass is 19.4. The van der Waals surface area contributed by atoms with Gasteiger partial charge in [-0.1, -0.05) is 54.6 Å². The molecule has 4 nitrogen and oxygen atoms in total. The van der Waals surface area contributed by atoms with Gasteiger partial charge in [0.25, 0.3) is 5.56 Å². The summed E-state index contributed by atoms with van der Waals surface area (Å²) in [6.07, 6.45) is -4.49. The number of pyridine rings is 1. The number of anilines is 1. The first kappa shape index (κ1) is 22.2. The Morgan fingerprint density at radius 3 is 1.91 bits per heavy atom. The van der Waals surface area contributed by atoms with Gasteiger partial charge in [-0.15, -0.1) is 4.73 Å². The Kier molecular flexibility index (Phi) is 5.72. The molecule has 0 saturated heterocycles. The second kappa shape index (κ2) is 8.50. The second-order valence-corrected chi connectivity index (χ2v) is 7.82. The van der Waals surface area contributed by atoms with Crippen LogP contribution in [0.15, 0.2) is 89.7 Å². The molecule has 0 bridgehead atoms. The summed E-state index contributed by atoms with van der Waals surface area (Å²) in [7, 11) is 3.81. The van der Waals surface area contributed by atoms with Gasteiger partial charge in [0.1, 0.15) is 0 Å². The molecule has 4 aromatic rings. The number of nitrogens with zero attached hydrogens (tertiary/aromatic N) is 2. The lowest BCUT2D eigenvalue weighted by Crippen LogP contribution is -2.22. The molecule has 168 valence electrons. The van der Waals surface area contributed by atoms with Crippen LogP contribution in [0.25, 0.3) is 33.5 Å². The first-order chi connectivity index (χ1) is 15.7. The average Bonchev–Trinajstić information content (AvgIpc) is 2.81. The van der Waals surface area contributed by atoms with Crippen LogP contribution in [-0.2, 0) is 6.18 Å². The summed E-state index contributed by atoms with van der Waals surface area (Å²) in [5.41, 5.74) is 1.94. The predicted octanol–water partition coefficient (Wildman–Crippen LogP) is 6.17. The molecule has 0 amide bonds. The van der Waals surface area contributed by atoms with Gasteiger partial charge in [-0.3, -0.25) is 4.79 Å². The SMILES string of the molecule is CN(C)c1ccc(-c2cc(-c3ccccc3)c(-c3ccc(C(F)(F)F)cc3)c(=O)n2O)cc1. The molecule has 33 heavy (non-hydrogen) atoms. The molecule has 1 N–H and O–H groups in total. The van der Waals surface area contributed by atoms with Crippen LogP contribution in [0, 0.1) is 0 Å². The number of aromatic nitrogens is 1. The van der Waals surface area contributed by atoms with Crippen LogP contribution in [0.2, 0.25) is 0 Å². The molecule has 0 aliphatic rings. The van der Waals surface area contributed by atoms with E-state index >= 15 is 0 Å². The topological polar surface area (TPSA) is 45.5 Å². The molecule has 1 aromatic heterocycles. The van der Waals surface area contributed by atoms with Crippen LogP contribution in [0.5, 0.6) is 0 Å². The van der Waals surface area contributed by atoms with Crippen molar-refractivity contribution < 1.29 is 18.4 Å². The Morgan fingerprint density at radius 2 is 1.36 bits per heavy atom. The van der Waals surface area contributed by atoms with E-state index < -0.39 is 17.3 Å². The summed E-state index contributed by atoms with van der Waals surface area (Å²) in [5.74, 6) is 0. The predicted molar refractivity (Wildman–Crippen MR) is 124 cm³/mol. The maximum absolute atomic E-state index is 13.3. The van der Waals surface area contributed by atoms with Crippen LogP contribution in [0.4, 0.5) is 18.9 Å². The lowest BCUT2D eigenvalue weighted by Gasteiger charge is -2.17. The van der Waals surface area contributed by atoms with E-state index in [4.69, 9.17) is 0 Å². The molecule has 0 aliphatic carbocycles. The number of hydrogen-bond donors (Lipinski definition) is 1. The van der Waals surface area contributed by atoms with Gasteiger partial charge >= 0.3 is 6.18 Å². The van der Waals surface area contributed by atoms with Crippen LogP contribution < -0.4 is 10.5 Å². The normalized spacial score (nSPS) is 11.4. The third-order valence-electron chi connectivity index (χ3n) is 5.45. The number of hydrogen-bond acceptors (Lipinski definition) is 3. The van der Waals surface area contributed by atoms with E-state index in [9.17, 15) is 23.2 Å². The number of alkyl halides is 3. The van der Waals surface area contributed by atoms with Gasteiger partial charge in [0, 0.05) is 25.3 Å². The van der Waals surface area contributed by atoms with Crippen molar-refractivity contribution >= 4 is 5.69 Å². The van der Waals surface area contributed by atoms with Crippen LogP contribution in [0.3, 0.4) is 0 Å². The first-order valence-electron chi connectivity index (χ1n) is 10.2. The zero-order valence-electron chi connectivity index (χ0n) is 18.0. The van der Waals surface area contributed by atoms with Gasteiger partial charge < -0.3 is 10.1 Å². The van der Waals surface area contributed by atoms with E-state index in [1.54, 1.807) is 18.2 Å². The molecule has 1 heterocycles. The smallest absolute Gasteiger partial charge is 0.416 e. The summed E-state index contributed by atoms with van der Waals surface area (Å²) >= 11 is 0. The Morgan fingerprint density at radius 1 is 0.788 bits per heavy atom. The van der Waals surface area contributed by atoms with Gasteiger partial charge in [0.2, 0.25) is 0 Å². The van der Waals surface area contributed by atoms with E-state index in [2.05, 4.69) is 0 Å². The average molecular weight is 450 g/mol. The minimum atomic E-state index is -4.49. The van der Waals surface area contributed by atoms with Crippen LogP contribution in [-0.4, -0.2) is 24.0 Å². The summed E-state index contributed by atoms with van der Waals surface area (Å²) in [5, 5.41) is 10.7. The van der Waals surface area contributed by atoms with Gasteiger partial charge in [0.05, 0.1) is 16.8 Å². The molecular formula is C26H21F3N2O2. The lowest BCUT2D eigenvalue weighted by atomic mass is 9.93. The molecule has 0 atom stereocenters. The fourth-order valence-corrected chi connectivity index (χ4v) is 3.69. The lowest BCUT2D eigenvalue weighted by molar-refractivity contribution is -0.137. The van der Waals surface area contributed by atoms with E-state index in [1.165, 1.54) is 12.1 Å². The summed E-state index contributed by atoms with van der Waals surface area (Å²) < 4.78 is 39.6. The first-order valence-corrected chi connectivity index (χ1v) is 10.2. The second-order valence-electron chi connectivity index (χ2n) is 7.82. The van der Waals surface area contributed by atoms with Crippen molar-refractivity contribution in [1.29, 1.82) is 0 Å². The highest BCUT2D eigenvalue weighted by Crippen LogP contribution is 2.35. The number of halogens is 3. The van der Waals surface area contributed by atoms with E-state index in [1.807, 2.05) is 61.5 Å². The van der Waals surface area contributed by atoms with Crippen molar-refractivity contribution in [2.24, 2.45) is 0 Å². The van der Waals surface area contributed by atoms with Crippen LogP contribution in [0.1, 0.15) is 5.56 Å².